The molecule has 4 aromatic carbocycles. The van der Waals surface area contributed by atoms with Crippen LogP contribution >= 0.6 is 11.6 Å². The molecule has 7 nitrogen and oxygen atoms in total. The first-order valence-electron chi connectivity index (χ1n) is 15.7. The number of nitriles is 1. The van der Waals surface area contributed by atoms with E-state index < -0.39 is 18.1 Å². The molecule has 0 bridgehead atoms. The highest BCUT2D eigenvalue weighted by Crippen LogP contribution is 2.42. The van der Waals surface area contributed by atoms with Crippen molar-refractivity contribution < 1.29 is 24.1 Å². The summed E-state index contributed by atoms with van der Waals surface area (Å²) in [4.78, 5) is 16.3. The van der Waals surface area contributed by atoms with E-state index in [2.05, 4.69) is 22.4 Å². The Kier molecular flexibility index (Phi) is 10.1. The molecule has 0 saturated carbocycles. The number of nitrogens with one attached hydrogen (secondary N) is 1. The Bertz CT molecular complexity index is 1980. The fourth-order valence-electron chi connectivity index (χ4n) is 6.40. The van der Waals surface area contributed by atoms with Gasteiger partial charge >= 0.3 is 5.97 Å². The lowest BCUT2D eigenvalue weighted by Crippen LogP contribution is -2.41. The van der Waals surface area contributed by atoms with E-state index in [0.29, 0.717) is 45.0 Å². The fraction of sp³-hybridized carbons (Fsp3) is 0.205. The number of aliphatic hydroxyl groups excluding tert-OH is 1. The number of nitrogens with zero attached hydrogens (tertiary/aromatic N) is 2. The van der Waals surface area contributed by atoms with Crippen LogP contribution in [-0.4, -0.2) is 27.2 Å². The van der Waals surface area contributed by atoms with Crippen molar-refractivity contribution in [1.82, 2.24) is 10.3 Å². The SMILES string of the molecule is N#Cc1cncc(COc2cc(C[C@H]3CCc4c(-c5ccccc5F)cccc43)c(Cl)cc2CNC(C(=O)O)C(O)c2ccccc2)c1. The van der Waals surface area contributed by atoms with Gasteiger partial charge in [0.1, 0.15) is 36.4 Å². The first kappa shape index (κ1) is 32.9. The molecule has 1 aliphatic rings. The molecular weight excluding hydrogens is 629 g/mol. The zero-order chi connectivity index (χ0) is 33.6. The fourth-order valence-corrected chi connectivity index (χ4v) is 6.66. The van der Waals surface area contributed by atoms with Gasteiger partial charge in [0.2, 0.25) is 0 Å². The standard InChI is InChI=1S/C39H33ClFN3O4/c40-34-17-29(22-44-37(39(46)47)38(45)26-7-2-1-3-8-26)36(48-23-25-15-24(19-42)20-43-21-25)18-28(34)16-27-13-14-32-30(27)10-6-11-31(32)33-9-4-5-12-35(33)41/h1-12,15,17-18,20-21,27,37-38,44-45H,13-14,16,22-23H2,(H,46,47)/t27-,37?,38?/m1/s1. The number of halogens is 2. The molecule has 0 aliphatic heterocycles. The zero-order valence-corrected chi connectivity index (χ0v) is 26.7. The van der Waals surface area contributed by atoms with Crippen molar-refractivity contribution in [3.05, 3.63) is 153 Å². The van der Waals surface area contributed by atoms with Crippen LogP contribution in [0.5, 0.6) is 5.75 Å². The molecule has 0 amide bonds. The van der Waals surface area contributed by atoms with Crippen molar-refractivity contribution in [3.8, 4) is 22.9 Å². The maximum atomic E-state index is 14.7. The molecule has 242 valence electrons. The number of pyridine rings is 1. The molecule has 0 fully saturated rings. The summed E-state index contributed by atoms with van der Waals surface area (Å²) in [5.41, 5.74) is 6.83. The Balaban J connectivity index is 1.28. The van der Waals surface area contributed by atoms with Crippen LogP contribution in [0.1, 0.15) is 57.4 Å². The predicted octanol–water partition coefficient (Wildman–Crippen LogP) is 7.54. The van der Waals surface area contributed by atoms with E-state index in [-0.39, 0.29) is 24.9 Å². The average molecular weight is 662 g/mol. The third kappa shape index (κ3) is 7.24. The highest BCUT2D eigenvalue weighted by Gasteiger charge is 2.29. The number of rotatable bonds is 12. The normalized spacial score (nSPS) is 14.9. The number of ether oxygens (including phenoxy) is 1. The maximum absolute atomic E-state index is 14.7. The number of aliphatic carboxylic acids is 1. The number of benzene rings is 4. The van der Waals surface area contributed by atoms with Crippen LogP contribution < -0.4 is 10.1 Å². The van der Waals surface area contributed by atoms with E-state index in [4.69, 9.17) is 16.3 Å². The smallest absolute Gasteiger partial charge is 0.323 e. The number of aromatic nitrogens is 1. The highest BCUT2D eigenvalue weighted by molar-refractivity contribution is 6.31. The first-order chi connectivity index (χ1) is 23.3. The van der Waals surface area contributed by atoms with Crippen LogP contribution in [0, 0.1) is 17.1 Å². The highest BCUT2D eigenvalue weighted by atomic mass is 35.5. The second-order valence-corrected chi connectivity index (χ2v) is 12.3. The van der Waals surface area contributed by atoms with Crippen LogP contribution in [-0.2, 0) is 30.8 Å². The summed E-state index contributed by atoms with van der Waals surface area (Å²) in [5, 5.41) is 33.6. The Morgan fingerprint density at radius 3 is 2.56 bits per heavy atom. The molecular formula is C39H33ClFN3O4. The van der Waals surface area contributed by atoms with Gasteiger partial charge in [-0.25, -0.2) is 4.39 Å². The van der Waals surface area contributed by atoms with E-state index >= 15 is 0 Å². The Morgan fingerprint density at radius 2 is 1.79 bits per heavy atom. The van der Waals surface area contributed by atoms with Gasteiger partial charge in [-0.05, 0) is 77.3 Å². The van der Waals surface area contributed by atoms with Gasteiger partial charge in [0, 0.05) is 40.7 Å². The number of fused-ring (bicyclic) bond motifs is 1. The summed E-state index contributed by atoms with van der Waals surface area (Å²) in [5.74, 6) is -0.818. The molecule has 1 aromatic heterocycles. The Hall–Kier alpha value is -5.07. The van der Waals surface area contributed by atoms with Gasteiger partial charge in [-0.15, -0.1) is 0 Å². The van der Waals surface area contributed by atoms with Crippen molar-refractivity contribution in [3.63, 3.8) is 0 Å². The summed E-state index contributed by atoms with van der Waals surface area (Å²) in [6, 6.07) is 27.6. The summed E-state index contributed by atoms with van der Waals surface area (Å²) in [6.07, 6.45) is 4.11. The van der Waals surface area contributed by atoms with Gasteiger partial charge in [-0.2, -0.15) is 5.26 Å². The van der Waals surface area contributed by atoms with E-state index in [9.17, 15) is 24.7 Å². The monoisotopic (exact) mass is 661 g/mol. The van der Waals surface area contributed by atoms with Crippen molar-refractivity contribution in [1.29, 1.82) is 5.26 Å². The van der Waals surface area contributed by atoms with Crippen molar-refractivity contribution in [2.45, 2.75) is 50.5 Å². The van der Waals surface area contributed by atoms with Gasteiger partial charge in [-0.3, -0.25) is 15.1 Å². The average Bonchev–Trinajstić information content (AvgIpc) is 3.52. The zero-order valence-electron chi connectivity index (χ0n) is 25.9. The minimum absolute atomic E-state index is 0.0466. The summed E-state index contributed by atoms with van der Waals surface area (Å²) in [6.45, 7) is 0.162. The van der Waals surface area contributed by atoms with Crippen LogP contribution in [0.2, 0.25) is 5.02 Å². The number of hydrogen-bond acceptors (Lipinski definition) is 6. The molecule has 6 rings (SSSR count). The Morgan fingerprint density at radius 1 is 1.02 bits per heavy atom. The van der Waals surface area contributed by atoms with E-state index in [1.54, 1.807) is 60.8 Å². The number of carboxylic acid groups (broad SMARTS) is 1. The number of aliphatic hydroxyl groups is 1. The van der Waals surface area contributed by atoms with E-state index in [0.717, 1.165) is 29.5 Å². The van der Waals surface area contributed by atoms with Crippen molar-refractivity contribution in [2.24, 2.45) is 0 Å². The van der Waals surface area contributed by atoms with Gasteiger partial charge in [0.05, 0.1) is 5.56 Å². The van der Waals surface area contributed by atoms with Crippen LogP contribution in [0.4, 0.5) is 4.39 Å². The largest absolute Gasteiger partial charge is 0.489 e. The quantitative estimate of drug-likeness (QED) is 0.127. The molecule has 0 spiro atoms. The maximum Gasteiger partial charge on any atom is 0.323 e. The lowest BCUT2D eigenvalue weighted by molar-refractivity contribution is -0.142. The van der Waals surface area contributed by atoms with Crippen LogP contribution in [0.25, 0.3) is 11.1 Å². The molecule has 0 radical (unpaired) electrons. The molecule has 3 N–H and O–H groups in total. The lowest BCUT2D eigenvalue weighted by Gasteiger charge is -2.22. The predicted molar refractivity (Wildman–Crippen MR) is 181 cm³/mol. The second kappa shape index (κ2) is 14.8. The second-order valence-electron chi connectivity index (χ2n) is 11.9. The van der Waals surface area contributed by atoms with Crippen LogP contribution in [0.3, 0.4) is 0 Å². The van der Waals surface area contributed by atoms with Gasteiger partial charge in [-0.1, -0.05) is 78.3 Å². The molecule has 0 saturated heterocycles. The van der Waals surface area contributed by atoms with E-state index in [1.165, 1.54) is 17.8 Å². The molecule has 1 heterocycles. The molecule has 2 unspecified atom stereocenters. The lowest BCUT2D eigenvalue weighted by atomic mass is 9.90. The summed E-state index contributed by atoms with van der Waals surface area (Å²) >= 11 is 6.90. The van der Waals surface area contributed by atoms with Crippen molar-refractivity contribution in [2.75, 3.05) is 0 Å². The molecule has 1 aliphatic carbocycles. The molecule has 3 atom stereocenters. The summed E-state index contributed by atoms with van der Waals surface area (Å²) in [7, 11) is 0. The third-order valence-electron chi connectivity index (χ3n) is 8.81. The molecule has 48 heavy (non-hydrogen) atoms. The minimum atomic E-state index is -1.30. The van der Waals surface area contributed by atoms with E-state index in [1.807, 2.05) is 24.3 Å². The number of hydrogen-bond donors (Lipinski definition) is 3. The minimum Gasteiger partial charge on any atom is -0.489 e. The van der Waals surface area contributed by atoms with Crippen LogP contribution in [0.15, 0.2) is 103 Å². The Labute approximate surface area is 283 Å². The van der Waals surface area contributed by atoms with Crippen molar-refractivity contribution >= 4 is 17.6 Å². The van der Waals surface area contributed by atoms with Gasteiger partial charge < -0.3 is 14.9 Å². The molecule has 9 heteroatoms. The summed E-state index contributed by atoms with van der Waals surface area (Å²) < 4.78 is 21.0. The first-order valence-corrected chi connectivity index (χ1v) is 16.0. The van der Waals surface area contributed by atoms with Gasteiger partial charge in [0.25, 0.3) is 0 Å². The number of carbonyl (C=O) groups is 1. The third-order valence-corrected chi connectivity index (χ3v) is 9.16. The van der Waals surface area contributed by atoms with Gasteiger partial charge in [0.15, 0.2) is 0 Å². The molecule has 5 aromatic rings. The topological polar surface area (TPSA) is 115 Å². The number of carboxylic acids is 1.